The number of primary amides is 2. The van der Waals surface area contributed by atoms with Crippen LogP contribution in [0.15, 0.2) is 0 Å². The highest BCUT2D eigenvalue weighted by Crippen LogP contribution is 2.10. The van der Waals surface area contributed by atoms with Crippen molar-refractivity contribution in [1.29, 1.82) is 0 Å². The van der Waals surface area contributed by atoms with E-state index in [1.807, 2.05) is 13.8 Å². The third-order valence-electron chi connectivity index (χ3n) is 9.12. The van der Waals surface area contributed by atoms with Gasteiger partial charge in [0.1, 0.15) is 42.3 Å². The minimum Gasteiger partial charge on any atom is -0.480 e. The number of carbonyl (C=O) groups excluding carboxylic acids is 10. The fourth-order valence-electron chi connectivity index (χ4n) is 5.90. The molecule has 0 bridgehead atoms. The maximum absolute atomic E-state index is 13.5. The van der Waals surface area contributed by atoms with Crippen molar-refractivity contribution in [2.45, 2.75) is 136 Å². The zero-order valence-electron chi connectivity index (χ0n) is 37.6. The average Bonchev–Trinajstić information content (AvgIpc) is 3.17. The van der Waals surface area contributed by atoms with Crippen molar-refractivity contribution in [2.24, 2.45) is 40.9 Å². The summed E-state index contributed by atoms with van der Waals surface area (Å²) in [7, 11) is 0. The number of rotatable bonds is 30. The van der Waals surface area contributed by atoms with E-state index >= 15 is 0 Å². The smallest absolute Gasteiger partial charge is 0.326 e. The number of carbonyl (C=O) groups is 11. The van der Waals surface area contributed by atoms with Crippen LogP contribution < -0.4 is 59.7 Å². The molecule has 0 unspecified atom stereocenters. The molecule has 8 atom stereocenters. The van der Waals surface area contributed by atoms with Crippen LogP contribution in [-0.4, -0.2) is 148 Å². The molecule has 364 valence electrons. The number of carboxylic acid groups (broad SMARTS) is 1. The number of hydrogen-bond acceptors (Lipinski definition) is 14. The third kappa shape index (κ3) is 22.4. The van der Waals surface area contributed by atoms with Gasteiger partial charge >= 0.3 is 5.97 Å². The van der Waals surface area contributed by atoms with Crippen LogP contribution in [0.2, 0.25) is 0 Å². The third-order valence-corrected chi connectivity index (χ3v) is 9.12. The average molecular weight is 916 g/mol. The molecule has 0 aromatic rings. The Balaban J connectivity index is 6.05. The van der Waals surface area contributed by atoms with Gasteiger partial charge in [-0.1, -0.05) is 55.4 Å². The Morgan fingerprint density at radius 3 is 1.19 bits per heavy atom. The first-order valence-electron chi connectivity index (χ1n) is 20.8. The maximum atomic E-state index is 13.5. The van der Waals surface area contributed by atoms with Crippen molar-refractivity contribution in [2.75, 3.05) is 19.8 Å². The summed E-state index contributed by atoms with van der Waals surface area (Å²) in [6.07, 6.45) is -1.33. The zero-order valence-corrected chi connectivity index (χ0v) is 37.6. The van der Waals surface area contributed by atoms with Gasteiger partial charge < -0.3 is 75.1 Å². The first-order valence-corrected chi connectivity index (χ1v) is 20.8. The molecule has 0 heterocycles. The van der Waals surface area contributed by atoms with Crippen LogP contribution in [-0.2, 0) is 52.7 Å². The van der Waals surface area contributed by atoms with Crippen molar-refractivity contribution in [1.82, 2.24) is 42.5 Å². The molecule has 0 aliphatic carbocycles. The van der Waals surface area contributed by atoms with Gasteiger partial charge in [0.15, 0.2) is 0 Å². The van der Waals surface area contributed by atoms with Crippen LogP contribution in [0.5, 0.6) is 0 Å². The number of carboxylic acids is 1. The molecule has 17 N–H and O–H groups in total. The Bertz CT molecular complexity index is 1660. The molecule has 0 saturated carbocycles. The summed E-state index contributed by atoms with van der Waals surface area (Å²) >= 11 is 0. The quantitative estimate of drug-likeness (QED) is 0.0320. The van der Waals surface area contributed by atoms with Gasteiger partial charge in [0.2, 0.25) is 59.1 Å². The standard InChI is InChI=1S/C39H69N11O14/c1-17(2)9-21(40)32(56)45-23(11-19(5)6)34(58)47-24(12-28(41)53)35(59)48-25(13-29(42)54)36(60)49-27(16-52)37(61)46-22(10-18(3)4)33(57)43-14-30(55)44-26(15-51)38(62)50-31(20(7)8)39(63)64/h17-27,31,51-52H,9-16,40H2,1-8H3,(H2,41,53)(H2,42,54)(H,43,57)(H,44,55)(H,45,56)(H,46,61)(H,47,58)(H,48,59)(H,49,60)(H,50,62)(H,63,64)/t21-,22-,23-,24-,25-,26-,27-,31-/m0/s1. The molecular formula is C39H69N11O14. The monoisotopic (exact) mass is 916 g/mol. The molecule has 0 aliphatic rings. The minimum atomic E-state index is -1.86. The Kier molecular flexibility index (Phi) is 26.0. The van der Waals surface area contributed by atoms with E-state index in [0.29, 0.717) is 6.42 Å². The Morgan fingerprint density at radius 2 is 0.797 bits per heavy atom. The first kappa shape index (κ1) is 58.0. The summed E-state index contributed by atoms with van der Waals surface area (Å²) in [5.41, 5.74) is 16.6. The number of aliphatic carboxylic acids is 1. The molecule has 0 aliphatic heterocycles. The molecule has 0 spiro atoms. The molecule has 0 saturated heterocycles. The van der Waals surface area contributed by atoms with E-state index in [9.17, 15) is 68.1 Å². The highest BCUT2D eigenvalue weighted by Gasteiger charge is 2.35. The topological polar surface area (TPSA) is 423 Å². The number of amides is 10. The number of hydrogen-bond donors (Lipinski definition) is 14. The van der Waals surface area contributed by atoms with E-state index in [0.717, 1.165) is 0 Å². The first-order chi connectivity index (χ1) is 29.6. The van der Waals surface area contributed by atoms with Crippen molar-refractivity contribution in [3.05, 3.63) is 0 Å². The van der Waals surface area contributed by atoms with E-state index in [-0.39, 0.29) is 30.6 Å². The van der Waals surface area contributed by atoms with E-state index < -0.39 is 152 Å². The van der Waals surface area contributed by atoms with Crippen LogP contribution >= 0.6 is 0 Å². The summed E-state index contributed by atoms with van der Waals surface area (Å²) < 4.78 is 0. The molecule has 64 heavy (non-hydrogen) atoms. The predicted molar refractivity (Wildman–Crippen MR) is 227 cm³/mol. The molecule has 25 heteroatoms. The Labute approximate surface area is 371 Å². The number of nitrogens with one attached hydrogen (secondary N) is 8. The second-order valence-corrected chi connectivity index (χ2v) is 16.9. The van der Waals surface area contributed by atoms with Gasteiger partial charge in [-0.3, -0.25) is 47.9 Å². The lowest BCUT2D eigenvalue weighted by Gasteiger charge is -2.27. The van der Waals surface area contributed by atoms with Gasteiger partial charge in [0.25, 0.3) is 0 Å². The summed E-state index contributed by atoms with van der Waals surface area (Å²) in [4.78, 5) is 140. The fourth-order valence-corrected chi connectivity index (χ4v) is 5.90. The SMILES string of the molecule is CC(C)C[C@H](NC(=O)[C@H](CO)NC(=O)[C@H](CC(N)=O)NC(=O)[C@H](CC(N)=O)NC(=O)[C@H](CC(C)C)NC(=O)[C@@H](N)CC(C)C)C(=O)NCC(=O)N[C@@H](CO)C(=O)N[C@H](C(=O)O)C(C)C. The largest absolute Gasteiger partial charge is 0.480 e. The molecule has 0 aromatic heterocycles. The lowest BCUT2D eigenvalue weighted by Crippen LogP contribution is -2.61. The lowest BCUT2D eigenvalue weighted by molar-refractivity contribution is -0.143. The number of nitrogens with two attached hydrogens (primary N) is 3. The van der Waals surface area contributed by atoms with Crippen molar-refractivity contribution < 1.29 is 68.1 Å². The number of aliphatic hydroxyl groups is 2. The normalized spacial score (nSPS) is 15.0. The van der Waals surface area contributed by atoms with Crippen LogP contribution in [0.3, 0.4) is 0 Å². The predicted octanol–water partition coefficient (Wildman–Crippen LogP) is -5.56. The van der Waals surface area contributed by atoms with E-state index in [1.165, 1.54) is 13.8 Å². The Morgan fingerprint density at radius 1 is 0.453 bits per heavy atom. The summed E-state index contributed by atoms with van der Waals surface area (Å²) in [6.45, 7) is 10.9. The fraction of sp³-hybridized carbons (Fsp3) is 0.718. The van der Waals surface area contributed by atoms with Gasteiger partial charge in [-0.05, 0) is 42.9 Å². The van der Waals surface area contributed by atoms with Crippen LogP contribution in [0.4, 0.5) is 0 Å². The van der Waals surface area contributed by atoms with Crippen molar-refractivity contribution in [3.63, 3.8) is 0 Å². The second-order valence-electron chi connectivity index (χ2n) is 16.9. The van der Waals surface area contributed by atoms with Crippen LogP contribution in [0.1, 0.15) is 87.5 Å². The molecule has 0 radical (unpaired) electrons. The molecule has 0 rings (SSSR count). The molecule has 0 aromatic carbocycles. The molecule has 25 nitrogen and oxygen atoms in total. The van der Waals surface area contributed by atoms with Crippen molar-refractivity contribution >= 4 is 65.0 Å². The highest BCUT2D eigenvalue weighted by molar-refractivity contribution is 5.99. The lowest BCUT2D eigenvalue weighted by atomic mass is 10.00. The van der Waals surface area contributed by atoms with Gasteiger partial charge in [-0.15, -0.1) is 0 Å². The van der Waals surface area contributed by atoms with Crippen LogP contribution in [0.25, 0.3) is 0 Å². The van der Waals surface area contributed by atoms with Crippen molar-refractivity contribution in [3.8, 4) is 0 Å². The molecule has 0 fully saturated rings. The summed E-state index contributed by atoms with van der Waals surface area (Å²) in [5, 5.41) is 47.2. The number of aliphatic hydroxyl groups excluding tert-OH is 2. The van der Waals surface area contributed by atoms with Gasteiger partial charge in [-0.2, -0.15) is 0 Å². The second kappa shape index (κ2) is 28.7. The van der Waals surface area contributed by atoms with E-state index in [1.54, 1.807) is 27.7 Å². The van der Waals surface area contributed by atoms with E-state index in [4.69, 9.17) is 17.2 Å². The van der Waals surface area contributed by atoms with Gasteiger partial charge in [-0.25, -0.2) is 4.79 Å². The zero-order chi connectivity index (χ0) is 49.6. The van der Waals surface area contributed by atoms with Crippen LogP contribution in [0, 0.1) is 23.7 Å². The maximum Gasteiger partial charge on any atom is 0.326 e. The van der Waals surface area contributed by atoms with Gasteiger partial charge in [0, 0.05) is 0 Å². The van der Waals surface area contributed by atoms with Gasteiger partial charge in [0.05, 0.1) is 38.6 Å². The molecular weight excluding hydrogens is 846 g/mol. The Hall–Kier alpha value is -5.95. The molecule has 10 amide bonds. The highest BCUT2D eigenvalue weighted by atomic mass is 16.4. The minimum absolute atomic E-state index is 0.0431. The van der Waals surface area contributed by atoms with E-state index in [2.05, 4.69) is 42.5 Å². The summed E-state index contributed by atoms with van der Waals surface area (Å²) in [5.74, 6) is -12.4. The summed E-state index contributed by atoms with van der Waals surface area (Å²) in [6, 6.07) is -11.9.